The van der Waals surface area contributed by atoms with Crippen LogP contribution >= 0.6 is 0 Å². The number of allylic oxidation sites excluding steroid dienone is 1. The molecule has 18 heavy (non-hydrogen) atoms. The van der Waals surface area contributed by atoms with Gasteiger partial charge in [0.25, 0.3) is 0 Å². The predicted octanol–water partition coefficient (Wildman–Crippen LogP) is 0.969. The van der Waals surface area contributed by atoms with E-state index in [1.165, 1.54) is 13.8 Å². The third-order valence-corrected chi connectivity index (χ3v) is 2.05. The lowest BCUT2D eigenvalue weighted by atomic mass is 9.90. The smallest absolute Gasteiger partial charge is 0.318 e. The Balaban J connectivity index is 5.02. The zero-order valence-electron chi connectivity index (χ0n) is 11.5. The summed E-state index contributed by atoms with van der Waals surface area (Å²) in [6.07, 6.45) is -0.0928. The van der Waals surface area contributed by atoms with Crippen LogP contribution in [0.15, 0.2) is 11.3 Å². The molecule has 0 N–H and O–H groups in total. The Morgan fingerprint density at radius 3 is 1.94 bits per heavy atom. The molecule has 0 atom stereocenters. The van der Waals surface area contributed by atoms with Crippen LogP contribution in [0.2, 0.25) is 0 Å². The average Bonchev–Trinajstić information content (AvgIpc) is 2.11. The van der Waals surface area contributed by atoms with Crippen LogP contribution in [0.1, 0.15) is 47.5 Å². The van der Waals surface area contributed by atoms with E-state index in [1.807, 2.05) is 20.8 Å². The summed E-state index contributed by atoms with van der Waals surface area (Å²) in [7, 11) is 0. The van der Waals surface area contributed by atoms with Gasteiger partial charge in [0.05, 0.1) is 5.97 Å². The van der Waals surface area contributed by atoms with Crippen molar-refractivity contribution in [1.82, 2.24) is 0 Å². The van der Waals surface area contributed by atoms with Crippen LogP contribution in [-0.2, 0) is 19.1 Å². The molecule has 0 aliphatic carbocycles. The van der Waals surface area contributed by atoms with E-state index in [0.717, 1.165) is 0 Å². The molecule has 5 heteroatoms. The highest BCUT2D eigenvalue weighted by molar-refractivity contribution is 5.95. The van der Waals surface area contributed by atoms with Crippen LogP contribution in [0.25, 0.3) is 0 Å². The number of hydrogen-bond acceptors (Lipinski definition) is 5. The molecule has 0 aromatic heterocycles. The van der Waals surface area contributed by atoms with Gasteiger partial charge in [0.15, 0.2) is 0 Å². The summed E-state index contributed by atoms with van der Waals surface area (Å²) in [5, 5.41) is 10.8. The first-order valence-corrected chi connectivity index (χ1v) is 5.64. The number of carbonyl (C=O) groups is 3. The van der Waals surface area contributed by atoms with E-state index in [0.29, 0.717) is 0 Å². The van der Waals surface area contributed by atoms with Gasteiger partial charge in [-0.05, 0) is 19.3 Å². The largest absolute Gasteiger partial charge is 0.545 e. The van der Waals surface area contributed by atoms with Crippen LogP contribution in [0.5, 0.6) is 0 Å². The molecule has 0 bridgehead atoms. The summed E-state index contributed by atoms with van der Waals surface area (Å²) >= 11 is 0. The van der Waals surface area contributed by atoms with Gasteiger partial charge in [-0.1, -0.05) is 20.8 Å². The number of esters is 1. The normalized spacial score (nSPS) is 12.7. The van der Waals surface area contributed by atoms with E-state index in [-0.39, 0.29) is 35.4 Å². The highest BCUT2D eigenvalue weighted by atomic mass is 16.5. The first kappa shape index (κ1) is 16.4. The lowest BCUT2D eigenvalue weighted by molar-refractivity contribution is -0.299. The first-order chi connectivity index (χ1) is 8.03. The fourth-order valence-electron chi connectivity index (χ4n) is 1.22. The van der Waals surface area contributed by atoms with Crippen molar-refractivity contribution in [3.8, 4) is 0 Å². The highest BCUT2D eigenvalue weighted by Crippen LogP contribution is 2.26. The van der Waals surface area contributed by atoms with Gasteiger partial charge in [0, 0.05) is 12.0 Å². The fraction of sp³-hybridized carbons (Fsp3) is 0.615. The molecule has 0 fully saturated rings. The Kier molecular flexibility index (Phi) is 5.75. The van der Waals surface area contributed by atoms with Crippen molar-refractivity contribution in [2.45, 2.75) is 47.5 Å². The minimum absolute atomic E-state index is 0.0498. The van der Waals surface area contributed by atoms with Crippen molar-refractivity contribution >= 4 is 17.7 Å². The number of aliphatic carboxylic acids is 1. The van der Waals surface area contributed by atoms with Crippen LogP contribution < -0.4 is 5.11 Å². The van der Waals surface area contributed by atoms with Crippen molar-refractivity contribution in [3.63, 3.8) is 0 Å². The first-order valence-electron chi connectivity index (χ1n) is 5.64. The van der Waals surface area contributed by atoms with Crippen molar-refractivity contribution in [2.75, 3.05) is 0 Å². The molecule has 5 nitrogen and oxygen atoms in total. The highest BCUT2D eigenvalue weighted by Gasteiger charge is 2.20. The number of hydrogen-bond donors (Lipinski definition) is 0. The van der Waals surface area contributed by atoms with Crippen LogP contribution in [0, 0.1) is 5.41 Å². The zero-order valence-corrected chi connectivity index (χ0v) is 11.5. The molecule has 0 aliphatic rings. The van der Waals surface area contributed by atoms with Gasteiger partial charge in [-0.15, -0.1) is 0 Å². The standard InChI is InChI=1S/C13H20O5/c1-8(14)6-11(15)18-10(7-13(3,4)5)9(2)12(16)17/h6-7H2,1-5H3,(H,16,17)/p-1/b10-9+. The molecule has 0 aliphatic heterocycles. The molecule has 0 aromatic rings. The Hall–Kier alpha value is -1.65. The SMILES string of the molecule is CC(=O)CC(=O)O/C(CC(C)(C)C)=C(\C)C(=O)[O-]. The average molecular weight is 255 g/mol. The number of carbonyl (C=O) groups excluding carboxylic acids is 3. The van der Waals surface area contributed by atoms with Crippen molar-refractivity contribution in [2.24, 2.45) is 5.41 Å². The molecule has 0 rings (SSSR count). The second-order valence-electron chi connectivity index (χ2n) is 5.43. The van der Waals surface area contributed by atoms with Crippen LogP contribution in [0.4, 0.5) is 0 Å². The molecular formula is C13H19O5-. The van der Waals surface area contributed by atoms with Crippen molar-refractivity contribution in [3.05, 3.63) is 11.3 Å². The second-order valence-corrected chi connectivity index (χ2v) is 5.43. The zero-order chi connectivity index (χ0) is 14.5. The number of Topliss-reactive ketones (excluding diaryl/α,β-unsaturated/α-hetero) is 1. The quantitative estimate of drug-likeness (QED) is 0.316. The number of carboxylic acids is 1. The Bertz CT molecular complexity index is 385. The Morgan fingerprint density at radius 2 is 1.61 bits per heavy atom. The van der Waals surface area contributed by atoms with Gasteiger partial charge in [-0.3, -0.25) is 9.59 Å². The van der Waals surface area contributed by atoms with Gasteiger partial charge in [-0.2, -0.15) is 0 Å². The van der Waals surface area contributed by atoms with E-state index in [2.05, 4.69) is 0 Å². The minimum atomic E-state index is -1.38. The summed E-state index contributed by atoms with van der Waals surface area (Å²) in [5.74, 6) is -2.41. The maximum absolute atomic E-state index is 11.4. The lowest BCUT2D eigenvalue weighted by Crippen LogP contribution is -2.26. The van der Waals surface area contributed by atoms with Gasteiger partial charge >= 0.3 is 5.97 Å². The maximum atomic E-state index is 11.4. The van der Waals surface area contributed by atoms with E-state index in [4.69, 9.17) is 4.74 Å². The molecule has 0 aromatic carbocycles. The number of rotatable bonds is 5. The predicted molar refractivity (Wildman–Crippen MR) is 63.2 cm³/mol. The molecule has 0 spiro atoms. The topological polar surface area (TPSA) is 83.5 Å². The Labute approximate surface area is 107 Å². The third kappa shape index (κ3) is 6.83. The van der Waals surface area contributed by atoms with Crippen molar-refractivity contribution in [1.29, 1.82) is 0 Å². The van der Waals surface area contributed by atoms with E-state index in [9.17, 15) is 19.5 Å². The summed E-state index contributed by atoms with van der Waals surface area (Å²) in [5.41, 5.74) is -0.371. The molecule has 0 unspecified atom stereocenters. The Morgan fingerprint density at radius 1 is 1.11 bits per heavy atom. The molecular weight excluding hydrogens is 236 g/mol. The van der Waals surface area contributed by atoms with Gasteiger partial charge in [0.1, 0.15) is 18.0 Å². The summed E-state index contributed by atoms with van der Waals surface area (Å²) in [4.78, 5) is 33.0. The molecule has 0 saturated carbocycles. The third-order valence-electron chi connectivity index (χ3n) is 2.05. The molecule has 0 heterocycles. The minimum Gasteiger partial charge on any atom is -0.545 e. The molecule has 0 saturated heterocycles. The maximum Gasteiger partial charge on any atom is 0.318 e. The second kappa shape index (κ2) is 6.33. The summed E-state index contributed by atoms with van der Waals surface area (Å²) < 4.78 is 4.96. The molecule has 102 valence electrons. The number of carboxylic acid groups (broad SMARTS) is 1. The van der Waals surface area contributed by atoms with Crippen molar-refractivity contribution < 1.29 is 24.2 Å². The molecule has 0 amide bonds. The number of ether oxygens (including phenoxy) is 1. The lowest BCUT2D eigenvalue weighted by Gasteiger charge is -2.22. The van der Waals surface area contributed by atoms with E-state index < -0.39 is 11.9 Å². The number of ketones is 1. The van der Waals surface area contributed by atoms with E-state index >= 15 is 0 Å². The van der Waals surface area contributed by atoms with Gasteiger partial charge in [0.2, 0.25) is 0 Å². The van der Waals surface area contributed by atoms with E-state index in [1.54, 1.807) is 0 Å². The van der Waals surface area contributed by atoms with Gasteiger partial charge in [-0.25, -0.2) is 0 Å². The van der Waals surface area contributed by atoms with Crippen LogP contribution in [-0.4, -0.2) is 17.7 Å². The van der Waals surface area contributed by atoms with Gasteiger partial charge < -0.3 is 14.6 Å². The van der Waals surface area contributed by atoms with Crippen LogP contribution in [0.3, 0.4) is 0 Å². The summed E-state index contributed by atoms with van der Waals surface area (Å²) in [6, 6.07) is 0. The summed E-state index contributed by atoms with van der Waals surface area (Å²) in [6.45, 7) is 8.23. The fourth-order valence-corrected chi connectivity index (χ4v) is 1.22. The molecule has 0 radical (unpaired) electrons. The monoisotopic (exact) mass is 255 g/mol.